The molecule has 1 unspecified atom stereocenters. The summed E-state index contributed by atoms with van der Waals surface area (Å²) in [7, 11) is 0. The molecular formula is C16H25ClN2. The van der Waals surface area contributed by atoms with Crippen LogP contribution in [0.2, 0.25) is 5.02 Å². The number of halogens is 1. The lowest BCUT2D eigenvalue weighted by Gasteiger charge is -2.36. The monoisotopic (exact) mass is 280 g/mol. The van der Waals surface area contributed by atoms with Gasteiger partial charge in [0.05, 0.1) is 0 Å². The van der Waals surface area contributed by atoms with Crippen LogP contribution >= 0.6 is 11.6 Å². The van der Waals surface area contributed by atoms with Crippen LogP contribution in [0.5, 0.6) is 0 Å². The Morgan fingerprint density at radius 2 is 1.95 bits per heavy atom. The molecule has 0 bridgehead atoms. The van der Waals surface area contributed by atoms with Crippen LogP contribution in [0.15, 0.2) is 24.3 Å². The van der Waals surface area contributed by atoms with Gasteiger partial charge in [-0.25, -0.2) is 0 Å². The molecule has 0 aromatic heterocycles. The highest BCUT2D eigenvalue weighted by Crippen LogP contribution is 2.22. The number of hydrogen-bond donors (Lipinski definition) is 1. The molecule has 1 aromatic carbocycles. The van der Waals surface area contributed by atoms with E-state index in [2.05, 4.69) is 43.1 Å². The second-order valence-electron chi connectivity index (χ2n) is 6.70. The smallest absolute Gasteiger partial charge is 0.0407 e. The van der Waals surface area contributed by atoms with Crippen molar-refractivity contribution in [1.82, 2.24) is 5.32 Å². The lowest BCUT2D eigenvalue weighted by molar-refractivity contribution is 0.328. The summed E-state index contributed by atoms with van der Waals surface area (Å²) in [5, 5.41) is 4.51. The molecule has 1 heterocycles. The van der Waals surface area contributed by atoms with Crippen molar-refractivity contribution in [3.05, 3.63) is 29.3 Å². The highest BCUT2D eigenvalue weighted by atomic mass is 35.5. The molecular weight excluding hydrogens is 256 g/mol. The van der Waals surface area contributed by atoms with Gasteiger partial charge in [0, 0.05) is 36.4 Å². The zero-order valence-electron chi connectivity index (χ0n) is 12.2. The van der Waals surface area contributed by atoms with Crippen molar-refractivity contribution < 1.29 is 0 Å². The first kappa shape index (κ1) is 14.7. The predicted molar refractivity (Wildman–Crippen MR) is 84.1 cm³/mol. The summed E-state index contributed by atoms with van der Waals surface area (Å²) in [5.74, 6) is 0. The van der Waals surface area contributed by atoms with E-state index >= 15 is 0 Å². The molecule has 0 saturated carbocycles. The number of rotatable bonds is 3. The largest absolute Gasteiger partial charge is 0.370 e. The fourth-order valence-corrected chi connectivity index (χ4v) is 2.61. The molecule has 3 heteroatoms. The summed E-state index contributed by atoms with van der Waals surface area (Å²) in [6, 6.07) is 8.79. The third-order valence-corrected chi connectivity index (χ3v) is 3.79. The zero-order valence-corrected chi connectivity index (χ0v) is 13.0. The van der Waals surface area contributed by atoms with Crippen molar-refractivity contribution in [2.75, 3.05) is 24.5 Å². The highest BCUT2D eigenvalue weighted by Gasteiger charge is 2.21. The Morgan fingerprint density at radius 3 is 2.58 bits per heavy atom. The van der Waals surface area contributed by atoms with Crippen molar-refractivity contribution >= 4 is 17.3 Å². The lowest BCUT2D eigenvalue weighted by atomic mass is 9.95. The Bertz CT molecular complexity index is 394. The number of nitrogens with zero attached hydrogens (tertiary/aromatic N) is 1. The van der Waals surface area contributed by atoms with Crippen LogP contribution < -0.4 is 10.2 Å². The van der Waals surface area contributed by atoms with Gasteiger partial charge in [0.25, 0.3) is 0 Å². The number of nitrogens with one attached hydrogen (secondary N) is 1. The molecule has 2 nitrogen and oxygen atoms in total. The normalized spacial score (nSPS) is 20.6. The van der Waals surface area contributed by atoms with E-state index in [-0.39, 0.29) is 0 Å². The second-order valence-corrected chi connectivity index (χ2v) is 7.14. The van der Waals surface area contributed by atoms with Crippen LogP contribution in [0.3, 0.4) is 0 Å². The number of piperidine rings is 1. The predicted octanol–water partition coefficient (Wildman–Crippen LogP) is 3.94. The first-order valence-electron chi connectivity index (χ1n) is 7.18. The van der Waals surface area contributed by atoms with E-state index in [9.17, 15) is 0 Å². The molecule has 2 rings (SSSR count). The van der Waals surface area contributed by atoms with Gasteiger partial charge in [0.2, 0.25) is 0 Å². The Hall–Kier alpha value is -0.730. The summed E-state index contributed by atoms with van der Waals surface area (Å²) in [6.07, 6.45) is 2.53. The van der Waals surface area contributed by atoms with Crippen LogP contribution in [-0.2, 0) is 0 Å². The molecule has 0 amide bonds. The molecule has 0 spiro atoms. The minimum Gasteiger partial charge on any atom is -0.370 e. The molecule has 1 aliphatic heterocycles. The van der Waals surface area contributed by atoms with Crippen LogP contribution in [0.4, 0.5) is 5.69 Å². The van der Waals surface area contributed by atoms with E-state index in [1.54, 1.807) is 0 Å². The van der Waals surface area contributed by atoms with Crippen molar-refractivity contribution in [1.29, 1.82) is 0 Å². The molecule has 106 valence electrons. The molecule has 1 saturated heterocycles. The van der Waals surface area contributed by atoms with Gasteiger partial charge >= 0.3 is 0 Å². The zero-order chi connectivity index (χ0) is 13.9. The fraction of sp³-hybridized carbons (Fsp3) is 0.625. The fourth-order valence-electron chi connectivity index (χ4n) is 2.48. The maximum absolute atomic E-state index is 5.95. The van der Waals surface area contributed by atoms with Crippen molar-refractivity contribution in [2.45, 2.75) is 39.7 Å². The Morgan fingerprint density at radius 1 is 1.26 bits per heavy atom. The first-order valence-corrected chi connectivity index (χ1v) is 7.56. The lowest BCUT2D eigenvalue weighted by Crippen LogP contribution is -2.47. The Balaban J connectivity index is 1.91. The maximum Gasteiger partial charge on any atom is 0.0407 e. The standard InChI is InChI=1S/C16H25ClN2/c1-16(2,3)12-18-14-5-4-10-19(11-14)15-8-6-13(17)7-9-15/h6-9,14,18H,4-5,10-12H2,1-3H3. The quantitative estimate of drug-likeness (QED) is 0.902. The number of hydrogen-bond acceptors (Lipinski definition) is 2. The first-order chi connectivity index (χ1) is 8.94. The molecule has 1 aliphatic rings. The molecule has 19 heavy (non-hydrogen) atoms. The molecule has 0 radical (unpaired) electrons. The third kappa shape index (κ3) is 4.70. The van der Waals surface area contributed by atoms with Crippen molar-refractivity contribution in [3.63, 3.8) is 0 Å². The van der Waals surface area contributed by atoms with E-state index in [0.717, 1.165) is 24.7 Å². The number of benzene rings is 1. The SMILES string of the molecule is CC(C)(C)CNC1CCCN(c2ccc(Cl)cc2)C1. The van der Waals surface area contributed by atoms with Crippen molar-refractivity contribution in [3.8, 4) is 0 Å². The number of anilines is 1. The summed E-state index contributed by atoms with van der Waals surface area (Å²) >= 11 is 5.95. The molecule has 0 aliphatic carbocycles. The average Bonchev–Trinajstić information content (AvgIpc) is 2.37. The van der Waals surface area contributed by atoms with Gasteiger partial charge < -0.3 is 10.2 Å². The minimum absolute atomic E-state index is 0.350. The van der Waals surface area contributed by atoms with Gasteiger partial charge in [-0.15, -0.1) is 0 Å². The van der Waals surface area contributed by atoms with Gasteiger partial charge in [-0.2, -0.15) is 0 Å². The molecule has 1 aromatic rings. The van der Waals surface area contributed by atoms with Gasteiger partial charge in [0.1, 0.15) is 0 Å². The van der Waals surface area contributed by atoms with Crippen LogP contribution in [0.25, 0.3) is 0 Å². The van der Waals surface area contributed by atoms with Crippen LogP contribution in [0.1, 0.15) is 33.6 Å². The topological polar surface area (TPSA) is 15.3 Å². The minimum atomic E-state index is 0.350. The van der Waals surface area contributed by atoms with Crippen LogP contribution in [0, 0.1) is 5.41 Å². The Kier molecular flexibility index (Phi) is 4.75. The second kappa shape index (κ2) is 6.15. The molecule has 1 N–H and O–H groups in total. The van der Waals surface area contributed by atoms with Crippen molar-refractivity contribution in [2.24, 2.45) is 5.41 Å². The third-order valence-electron chi connectivity index (χ3n) is 3.53. The van der Waals surface area contributed by atoms with Gasteiger partial charge in [-0.3, -0.25) is 0 Å². The Labute approximate surface area is 122 Å². The highest BCUT2D eigenvalue weighted by molar-refractivity contribution is 6.30. The van der Waals surface area contributed by atoms with E-state index in [4.69, 9.17) is 11.6 Å². The summed E-state index contributed by atoms with van der Waals surface area (Å²) < 4.78 is 0. The summed E-state index contributed by atoms with van der Waals surface area (Å²) in [5.41, 5.74) is 1.63. The maximum atomic E-state index is 5.95. The molecule has 1 fully saturated rings. The van der Waals surface area contributed by atoms with E-state index in [1.807, 2.05) is 12.1 Å². The van der Waals surface area contributed by atoms with E-state index in [0.29, 0.717) is 11.5 Å². The van der Waals surface area contributed by atoms with Crippen LogP contribution in [-0.4, -0.2) is 25.7 Å². The average molecular weight is 281 g/mol. The van der Waals surface area contributed by atoms with E-state index in [1.165, 1.54) is 18.5 Å². The van der Waals surface area contributed by atoms with Gasteiger partial charge in [-0.05, 0) is 42.5 Å². The van der Waals surface area contributed by atoms with Gasteiger partial charge in [-0.1, -0.05) is 32.4 Å². The van der Waals surface area contributed by atoms with E-state index < -0.39 is 0 Å². The molecule has 1 atom stereocenters. The summed E-state index contributed by atoms with van der Waals surface area (Å²) in [6.45, 7) is 10.2. The summed E-state index contributed by atoms with van der Waals surface area (Å²) in [4.78, 5) is 2.46. The van der Waals surface area contributed by atoms with Gasteiger partial charge in [0.15, 0.2) is 0 Å².